The third kappa shape index (κ3) is 3.88. The van der Waals surface area contributed by atoms with Gasteiger partial charge in [0, 0.05) is 44.5 Å². The van der Waals surface area contributed by atoms with Crippen LogP contribution in [-0.4, -0.2) is 50.7 Å². The van der Waals surface area contributed by atoms with Crippen molar-refractivity contribution in [2.24, 2.45) is 7.05 Å². The summed E-state index contributed by atoms with van der Waals surface area (Å²) in [6, 6.07) is 3.65. The molecule has 1 aliphatic heterocycles. The second-order valence-electron chi connectivity index (χ2n) is 5.90. The molecule has 0 spiro atoms. The van der Waals surface area contributed by atoms with E-state index in [2.05, 4.69) is 25.2 Å². The van der Waals surface area contributed by atoms with Gasteiger partial charge in [0.05, 0.1) is 13.7 Å². The Balaban J connectivity index is 1.54. The Morgan fingerprint density at radius 3 is 2.83 bits per heavy atom. The molecule has 0 aliphatic carbocycles. The van der Waals surface area contributed by atoms with E-state index in [-0.39, 0.29) is 5.56 Å². The highest BCUT2D eigenvalue weighted by Crippen LogP contribution is 2.18. The number of likely N-dealkylation sites (tertiary alicyclic amines) is 1. The van der Waals surface area contributed by atoms with Crippen molar-refractivity contribution >= 4 is 5.82 Å². The summed E-state index contributed by atoms with van der Waals surface area (Å²) in [5, 5.41) is 3.43. The smallest absolute Gasteiger partial charge is 0.253 e. The molecule has 2 aromatic rings. The van der Waals surface area contributed by atoms with Crippen LogP contribution in [0.3, 0.4) is 0 Å². The molecule has 0 atom stereocenters. The van der Waals surface area contributed by atoms with Gasteiger partial charge in [0.2, 0.25) is 5.88 Å². The molecule has 24 heavy (non-hydrogen) atoms. The number of nitrogens with zero attached hydrogens (tertiary/aromatic N) is 5. The van der Waals surface area contributed by atoms with Crippen LogP contribution in [0, 0.1) is 0 Å². The maximum atomic E-state index is 11.7. The zero-order valence-electron chi connectivity index (χ0n) is 14.0. The summed E-state index contributed by atoms with van der Waals surface area (Å²) in [7, 11) is 3.36. The Bertz CT molecular complexity index is 739. The highest BCUT2D eigenvalue weighted by molar-refractivity contribution is 5.38. The molecule has 0 bridgehead atoms. The Labute approximate surface area is 140 Å². The molecule has 0 unspecified atom stereocenters. The lowest BCUT2D eigenvalue weighted by molar-refractivity contribution is 0.203. The molecule has 0 saturated carbocycles. The summed E-state index contributed by atoms with van der Waals surface area (Å²) in [6.45, 7) is 2.59. The highest BCUT2D eigenvalue weighted by atomic mass is 16.5. The van der Waals surface area contributed by atoms with Crippen LogP contribution in [0.4, 0.5) is 5.82 Å². The monoisotopic (exact) mass is 330 g/mol. The van der Waals surface area contributed by atoms with Gasteiger partial charge in [-0.25, -0.2) is 15.0 Å². The van der Waals surface area contributed by atoms with E-state index in [1.807, 2.05) is 0 Å². The lowest BCUT2D eigenvalue weighted by atomic mass is 10.1. The Hall–Kier alpha value is -2.48. The molecule has 8 nitrogen and oxygen atoms in total. The first-order chi connectivity index (χ1) is 11.7. The molecule has 3 heterocycles. The fourth-order valence-electron chi connectivity index (χ4n) is 2.83. The first-order valence-corrected chi connectivity index (χ1v) is 8.01. The Kier molecular flexibility index (Phi) is 5.05. The number of anilines is 1. The zero-order valence-corrected chi connectivity index (χ0v) is 14.0. The molecule has 3 rings (SSSR count). The third-order valence-electron chi connectivity index (χ3n) is 4.31. The Morgan fingerprint density at radius 2 is 2.08 bits per heavy atom. The second kappa shape index (κ2) is 7.39. The minimum absolute atomic E-state index is 0.0192. The highest BCUT2D eigenvalue weighted by Gasteiger charge is 2.20. The molecule has 2 aromatic heterocycles. The minimum atomic E-state index is -0.0192. The van der Waals surface area contributed by atoms with Gasteiger partial charge in [0.25, 0.3) is 5.56 Å². The number of ether oxygens (including phenoxy) is 1. The SMILES string of the molecule is COc1cc(NC2CCN(Cc3nccc(=O)n3C)CC2)ncn1. The topological polar surface area (TPSA) is 85.2 Å². The molecule has 8 heteroatoms. The fourth-order valence-corrected chi connectivity index (χ4v) is 2.83. The van der Waals surface area contributed by atoms with Gasteiger partial charge in [-0.2, -0.15) is 0 Å². The lowest BCUT2D eigenvalue weighted by Crippen LogP contribution is -2.40. The second-order valence-corrected chi connectivity index (χ2v) is 5.90. The standard InChI is InChI=1S/C16H22N6O2/c1-21-14(17-6-3-16(21)23)10-22-7-4-12(5-8-22)20-13-9-15(24-2)19-11-18-13/h3,6,9,11-12H,4-5,7-8,10H2,1-2H3,(H,18,19,20). The molecule has 0 radical (unpaired) electrons. The largest absolute Gasteiger partial charge is 0.481 e. The maximum Gasteiger partial charge on any atom is 0.253 e. The predicted octanol–water partition coefficient (Wildman–Crippen LogP) is 0.655. The van der Waals surface area contributed by atoms with Crippen molar-refractivity contribution in [1.82, 2.24) is 24.4 Å². The van der Waals surface area contributed by atoms with Gasteiger partial charge in [0.1, 0.15) is 18.0 Å². The number of hydrogen-bond acceptors (Lipinski definition) is 7. The van der Waals surface area contributed by atoms with Gasteiger partial charge in [-0.1, -0.05) is 0 Å². The van der Waals surface area contributed by atoms with E-state index < -0.39 is 0 Å². The molecule has 128 valence electrons. The molecular weight excluding hydrogens is 308 g/mol. The van der Waals surface area contributed by atoms with Crippen LogP contribution >= 0.6 is 0 Å². The van der Waals surface area contributed by atoms with Crippen LogP contribution in [0.2, 0.25) is 0 Å². The summed E-state index contributed by atoms with van der Waals surface area (Å²) in [6.07, 6.45) is 5.09. The number of nitrogens with one attached hydrogen (secondary N) is 1. The minimum Gasteiger partial charge on any atom is -0.481 e. The molecule has 1 fully saturated rings. The van der Waals surface area contributed by atoms with Crippen LogP contribution in [0.5, 0.6) is 5.88 Å². The summed E-state index contributed by atoms with van der Waals surface area (Å²) in [5.41, 5.74) is -0.0192. The van der Waals surface area contributed by atoms with Crippen molar-refractivity contribution in [3.05, 3.63) is 40.8 Å². The van der Waals surface area contributed by atoms with E-state index in [0.717, 1.165) is 37.6 Å². The van der Waals surface area contributed by atoms with E-state index in [9.17, 15) is 4.79 Å². The molecule has 0 aromatic carbocycles. The van der Waals surface area contributed by atoms with Crippen LogP contribution < -0.4 is 15.6 Å². The number of rotatable bonds is 5. The normalized spacial score (nSPS) is 16.1. The van der Waals surface area contributed by atoms with E-state index in [1.54, 1.807) is 31.0 Å². The third-order valence-corrected chi connectivity index (χ3v) is 4.31. The van der Waals surface area contributed by atoms with Crippen molar-refractivity contribution in [3.63, 3.8) is 0 Å². The Morgan fingerprint density at radius 1 is 1.29 bits per heavy atom. The van der Waals surface area contributed by atoms with Crippen molar-refractivity contribution in [2.75, 3.05) is 25.5 Å². The average Bonchev–Trinajstić information content (AvgIpc) is 2.61. The molecule has 1 saturated heterocycles. The number of hydrogen-bond donors (Lipinski definition) is 1. The van der Waals surface area contributed by atoms with Crippen molar-refractivity contribution < 1.29 is 4.74 Å². The van der Waals surface area contributed by atoms with Crippen LogP contribution in [-0.2, 0) is 13.6 Å². The maximum absolute atomic E-state index is 11.7. The van der Waals surface area contributed by atoms with Crippen LogP contribution in [0.15, 0.2) is 29.5 Å². The van der Waals surface area contributed by atoms with Crippen molar-refractivity contribution in [3.8, 4) is 5.88 Å². The fraction of sp³-hybridized carbons (Fsp3) is 0.500. The van der Waals surface area contributed by atoms with Crippen LogP contribution in [0.1, 0.15) is 18.7 Å². The predicted molar refractivity (Wildman–Crippen MR) is 90.0 cm³/mol. The van der Waals surface area contributed by atoms with Gasteiger partial charge in [-0.05, 0) is 12.8 Å². The summed E-state index contributed by atoms with van der Waals surface area (Å²) in [5.74, 6) is 2.14. The molecule has 1 N–H and O–H groups in total. The average molecular weight is 330 g/mol. The summed E-state index contributed by atoms with van der Waals surface area (Å²) < 4.78 is 6.72. The molecular formula is C16H22N6O2. The molecule has 0 amide bonds. The van der Waals surface area contributed by atoms with Gasteiger partial charge >= 0.3 is 0 Å². The van der Waals surface area contributed by atoms with Crippen LogP contribution in [0.25, 0.3) is 0 Å². The molecule has 1 aliphatic rings. The van der Waals surface area contributed by atoms with Crippen molar-refractivity contribution in [1.29, 1.82) is 0 Å². The number of aromatic nitrogens is 4. The van der Waals surface area contributed by atoms with E-state index >= 15 is 0 Å². The van der Waals surface area contributed by atoms with E-state index in [1.165, 1.54) is 12.4 Å². The number of methoxy groups -OCH3 is 1. The van der Waals surface area contributed by atoms with E-state index in [0.29, 0.717) is 18.5 Å². The summed E-state index contributed by atoms with van der Waals surface area (Å²) >= 11 is 0. The summed E-state index contributed by atoms with van der Waals surface area (Å²) in [4.78, 5) is 26.5. The number of piperidine rings is 1. The van der Waals surface area contributed by atoms with Gasteiger partial charge in [-0.3, -0.25) is 14.3 Å². The quantitative estimate of drug-likeness (QED) is 0.862. The van der Waals surface area contributed by atoms with Gasteiger partial charge in [0.15, 0.2) is 0 Å². The lowest BCUT2D eigenvalue weighted by Gasteiger charge is -2.32. The van der Waals surface area contributed by atoms with E-state index in [4.69, 9.17) is 4.74 Å². The van der Waals surface area contributed by atoms with Gasteiger partial charge < -0.3 is 10.1 Å². The zero-order chi connectivity index (χ0) is 16.9. The first kappa shape index (κ1) is 16.4. The van der Waals surface area contributed by atoms with Gasteiger partial charge in [-0.15, -0.1) is 0 Å². The first-order valence-electron chi connectivity index (χ1n) is 8.01. The van der Waals surface area contributed by atoms with Crippen molar-refractivity contribution in [2.45, 2.75) is 25.4 Å².